The highest BCUT2D eigenvalue weighted by Crippen LogP contribution is 2.31. The standard InChI is InChI=1S/C28H38F2N2O4S/c1-28(2,3)32(27(33)34)16-11-20-9-13-31(14-10-20)15-12-26(22-17-23(29)19-24(30)18-22)21-5-7-25(8-6-21)37(4,35)36/h5-8,17-20,26H,9-16H2,1-4H3,(H,33,34)/t26-/m1/s1. The minimum Gasteiger partial charge on any atom is -0.465 e. The SMILES string of the molecule is CC(C)(C)N(CCC1CCN(CC[C@H](c2ccc(S(C)(=O)=O)cc2)c2cc(F)cc(F)c2)CC1)C(=O)O. The Balaban J connectivity index is 1.64. The number of rotatable bonds is 9. The normalized spacial score (nSPS) is 16.5. The van der Waals surface area contributed by atoms with E-state index in [2.05, 4.69) is 4.90 Å². The Labute approximate surface area is 219 Å². The third-order valence-corrected chi connectivity index (χ3v) is 8.37. The molecule has 1 amide bonds. The molecule has 1 aliphatic rings. The molecule has 1 atom stereocenters. The maximum Gasteiger partial charge on any atom is 0.407 e. The van der Waals surface area contributed by atoms with Crippen molar-refractivity contribution in [1.29, 1.82) is 0 Å². The first-order valence-corrected chi connectivity index (χ1v) is 14.6. The lowest BCUT2D eigenvalue weighted by Gasteiger charge is -2.36. The van der Waals surface area contributed by atoms with E-state index in [-0.39, 0.29) is 10.8 Å². The molecule has 0 saturated carbocycles. The number of sulfone groups is 1. The number of likely N-dealkylation sites (tertiary alicyclic amines) is 1. The van der Waals surface area contributed by atoms with Crippen molar-refractivity contribution >= 4 is 15.9 Å². The van der Waals surface area contributed by atoms with Gasteiger partial charge in [0.2, 0.25) is 0 Å². The van der Waals surface area contributed by atoms with Gasteiger partial charge >= 0.3 is 6.09 Å². The number of amides is 1. The molecule has 0 spiro atoms. The molecule has 37 heavy (non-hydrogen) atoms. The Morgan fingerprint density at radius 2 is 1.62 bits per heavy atom. The van der Waals surface area contributed by atoms with Crippen molar-refractivity contribution in [3.63, 3.8) is 0 Å². The molecule has 1 aliphatic heterocycles. The first-order valence-electron chi connectivity index (χ1n) is 12.7. The molecule has 0 aromatic heterocycles. The molecule has 1 heterocycles. The van der Waals surface area contributed by atoms with E-state index in [0.29, 0.717) is 24.4 Å². The van der Waals surface area contributed by atoms with Gasteiger partial charge in [0.05, 0.1) is 4.90 Å². The molecule has 0 bridgehead atoms. The lowest BCUT2D eigenvalue weighted by Crippen LogP contribution is -2.46. The van der Waals surface area contributed by atoms with Gasteiger partial charge in [0.15, 0.2) is 9.84 Å². The fraction of sp³-hybridized carbons (Fsp3) is 0.536. The molecule has 0 unspecified atom stereocenters. The molecule has 3 rings (SSSR count). The van der Waals surface area contributed by atoms with Crippen LogP contribution in [0.25, 0.3) is 0 Å². The summed E-state index contributed by atoms with van der Waals surface area (Å²) in [5.74, 6) is -1.11. The van der Waals surface area contributed by atoms with E-state index in [1.54, 1.807) is 12.1 Å². The van der Waals surface area contributed by atoms with Crippen LogP contribution in [-0.2, 0) is 9.84 Å². The van der Waals surface area contributed by atoms with Gasteiger partial charge in [-0.2, -0.15) is 0 Å². The van der Waals surface area contributed by atoms with Crippen LogP contribution in [-0.4, -0.2) is 67.4 Å². The summed E-state index contributed by atoms with van der Waals surface area (Å²) in [7, 11) is -3.35. The topological polar surface area (TPSA) is 77.9 Å². The molecule has 9 heteroatoms. The Bertz CT molecular complexity index is 1150. The molecule has 1 N–H and O–H groups in total. The highest BCUT2D eigenvalue weighted by Gasteiger charge is 2.28. The predicted molar refractivity (Wildman–Crippen MR) is 141 cm³/mol. The highest BCUT2D eigenvalue weighted by atomic mass is 32.2. The first kappa shape index (κ1) is 29.0. The second-order valence-corrected chi connectivity index (χ2v) is 13.1. The van der Waals surface area contributed by atoms with E-state index in [4.69, 9.17) is 0 Å². The van der Waals surface area contributed by atoms with Crippen LogP contribution >= 0.6 is 0 Å². The number of halogens is 2. The third-order valence-electron chi connectivity index (χ3n) is 7.24. The summed E-state index contributed by atoms with van der Waals surface area (Å²) in [6, 6.07) is 10.1. The van der Waals surface area contributed by atoms with E-state index in [9.17, 15) is 27.1 Å². The van der Waals surface area contributed by atoms with Gasteiger partial charge in [-0.25, -0.2) is 22.0 Å². The van der Waals surface area contributed by atoms with Crippen LogP contribution in [0.5, 0.6) is 0 Å². The first-order chi connectivity index (χ1) is 17.2. The molecule has 0 radical (unpaired) electrons. The molecule has 1 saturated heterocycles. The van der Waals surface area contributed by atoms with Gasteiger partial charge in [0, 0.05) is 30.3 Å². The molecule has 204 valence electrons. The number of hydrogen-bond acceptors (Lipinski definition) is 4. The maximum absolute atomic E-state index is 14.0. The second-order valence-electron chi connectivity index (χ2n) is 11.1. The molecular formula is C28H38F2N2O4S. The summed E-state index contributed by atoms with van der Waals surface area (Å²) < 4.78 is 51.8. The third kappa shape index (κ3) is 8.23. The summed E-state index contributed by atoms with van der Waals surface area (Å²) in [5.41, 5.74) is 0.899. The lowest BCUT2D eigenvalue weighted by molar-refractivity contribution is 0.0903. The van der Waals surface area contributed by atoms with Crippen LogP contribution in [0.1, 0.15) is 63.5 Å². The average Bonchev–Trinajstić information content (AvgIpc) is 2.78. The van der Waals surface area contributed by atoms with Gasteiger partial charge in [0.25, 0.3) is 0 Å². The monoisotopic (exact) mass is 536 g/mol. The number of nitrogens with zero attached hydrogens (tertiary/aromatic N) is 2. The van der Waals surface area contributed by atoms with Gasteiger partial charge in [-0.1, -0.05) is 12.1 Å². The zero-order valence-electron chi connectivity index (χ0n) is 22.1. The highest BCUT2D eigenvalue weighted by molar-refractivity contribution is 7.90. The number of piperidine rings is 1. The minimum atomic E-state index is -3.35. The number of carbonyl (C=O) groups is 1. The second kappa shape index (κ2) is 11.9. The lowest BCUT2D eigenvalue weighted by atomic mass is 9.87. The molecule has 2 aromatic rings. The van der Waals surface area contributed by atoms with Crippen molar-refractivity contribution < 1.29 is 27.1 Å². The summed E-state index contributed by atoms with van der Waals surface area (Å²) >= 11 is 0. The van der Waals surface area contributed by atoms with Crippen LogP contribution in [0.15, 0.2) is 47.4 Å². The van der Waals surface area contributed by atoms with Gasteiger partial charge in [-0.3, -0.25) is 0 Å². The smallest absolute Gasteiger partial charge is 0.407 e. The molecule has 6 nitrogen and oxygen atoms in total. The van der Waals surface area contributed by atoms with Crippen molar-refractivity contribution in [3.05, 3.63) is 65.2 Å². The van der Waals surface area contributed by atoms with E-state index in [1.807, 2.05) is 20.8 Å². The van der Waals surface area contributed by atoms with E-state index in [0.717, 1.165) is 56.8 Å². The van der Waals surface area contributed by atoms with Crippen LogP contribution in [0.4, 0.5) is 13.6 Å². The number of benzene rings is 2. The van der Waals surface area contributed by atoms with Crippen molar-refractivity contribution in [2.45, 2.75) is 62.8 Å². The van der Waals surface area contributed by atoms with E-state index in [1.165, 1.54) is 29.2 Å². The largest absolute Gasteiger partial charge is 0.465 e. The molecule has 1 fully saturated rings. The fourth-order valence-electron chi connectivity index (χ4n) is 5.09. The number of carboxylic acid groups (broad SMARTS) is 1. The summed E-state index contributed by atoms with van der Waals surface area (Å²) in [5, 5.41) is 9.52. The zero-order chi connectivity index (χ0) is 27.4. The quantitative estimate of drug-likeness (QED) is 0.440. The average molecular weight is 537 g/mol. The van der Waals surface area contributed by atoms with Gasteiger partial charge in [-0.15, -0.1) is 0 Å². The Morgan fingerprint density at radius 3 is 2.11 bits per heavy atom. The van der Waals surface area contributed by atoms with E-state index >= 15 is 0 Å². The van der Waals surface area contributed by atoms with Gasteiger partial charge in [0.1, 0.15) is 11.6 Å². The minimum absolute atomic E-state index is 0.204. The Morgan fingerprint density at radius 1 is 1.05 bits per heavy atom. The van der Waals surface area contributed by atoms with Crippen molar-refractivity contribution in [2.24, 2.45) is 5.92 Å². The molecule has 0 aliphatic carbocycles. The van der Waals surface area contributed by atoms with Crippen LogP contribution in [0.3, 0.4) is 0 Å². The molecular weight excluding hydrogens is 498 g/mol. The summed E-state index contributed by atoms with van der Waals surface area (Å²) in [6.07, 6.45) is 3.65. The van der Waals surface area contributed by atoms with Crippen LogP contribution < -0.4 is 0 Å². The predicted octanol–water partition coefficient (Wildman–Crippen LogP) is 5.77. The Kier molecular flexibility index (Phi) is 9.34. The zero-order valence-corrected chi connectivity index (χ0v) is 22.9. The summed E-state index contributed by atoms with van der Waals surface area (Å²) in [4.78, 5) is 15.6. The fourth-order valence-corrected chi connectivity index (χ4v) is 5.72. The van der Waals surface area contributed by atoms with Crippen molar-refractivity contribution in [1.82, 2.24) is 9.80 Å². The van der Waals surface area contributed by atoms with Crippen molar-refractivity contribution in [3.8, 4) is 0 Å². The van der Waals surface area contributed by atoms with Gasteiger partial charge < -0.3 is 14.9 Å². The van der Waals surface area contributed by atoms with Crippen molar-refractivity contribution in [2.75, 3.05) is 32.4 Å². The van der Waals surface area contributed by atoms with Crippen LogP contribution in [0.2, 0.25) is 0 Å². The van der Waals surface area contributed by atoms with E-state index < -0.39 is 33.1 Å². The number of hydrogen-bond donors (Lipinski definition) is 1. The Hall–Kier alpha value is -2.52. The summed E-state index contributed by atoms with van der Waals surface area (Å²) in [6.45, 7) is 8.71. The van der Waals surface area contributed by atoms with Gasteiger partial charge in [-0.05, 0) is 107 Å². The maximum atomic E-state index is 14.0. The molecule has 2 aromatic carbocycles. The van der Waals surface area contributed by atoms with Crippen LogP contribution in [0, 0.1) is 17.6 Å².